The van der Waals surface area contributed by atoms with Crippen molar-refractivity contribution < 1.29 is 4.52 Å². The molecule has 0 aromatic carbocycles. The van der Waals surface area contributed by atoms with E-state index in [1.54, 1.807) is 0 Å². The van der Waals surface area contributed by atoms with Crippen molar-refractivity contribution in [3.05, 3.63) is 35.7 Å². The molecular weight excluding hydrogens is 228 g/mol. The number of rotatable bonds is 5. The van der Waals surface area contributed by atoms with Crippen LogP contribution < -0.4 is 0 Å². The molecule has 5 heteroatoms. The first kappa shape index (κ1) is 12.8. The Morgan fingerprint density at radius 2 is 2.17 bits per heavy atom. The summed E-state index contributed by atoms with van der Waals surface area (Å²) >= 11 is 0. The first-order chi connectivity index (χ1) is 8.56. The van der Waals surface area contributed by atoms with E-state index in [2.05, 4.69) is 35.9 Å². The Balaban J connectivity index is 1.94. The minimum absolute atomic E-state index is 0.407. The Bertz CT molecular complexity index is 501. The van der Waals surface area contributed by atoms with Gasteiger partial charge in [0.05, 0.1) is 24.3 Å². The average Bonchev–Trinajstić information content (AvgIpc) is 2.89. The van der Waals surface area contributed by atoms with E-state index in [1.165, 1.54) is 5.69 Å². The molecule has 0 unspecified atom stereocenters. The number of aryl methyl sites for hydroxylation is 1. The van der Waals surface area contributed by atoms with Gasteiger partial charge in [0.1, 0.15) is 0 Å². The fraction of sp³-hybridized carbons (Fsp3) is 0.538. The van der Waals surface area contributed by atoms with Crippen LogP contribution in [-0.2, 0) is 20.1 Å². The van der Waals surface area contributed by atoms with Crippen molar-refractivity contribution in [3.63, 3.8) is 0 Å². The third-order valence-corrected chi connectivity index (χ3v) is 2.94. The molecular formula is C13H20N4O. The number of aromatic nitrogens is 3. The van der Waals surface area contributed by atoms with Gasteiger partial charge in [-0.2, -0.15) is 0 Å². The van der Waals surface area contributed by atoms with E-state index in [9.17, 15) is 0 Å². The van der Waals surface area contributed by atoms with Crippen LogP contribution in [0.5, 0.6) is 0 Å². The fourth-order valence-electron chi connectivity index (χ4n) is 1.81. The summed E-state index contributed by atoms with van der Waals surface area (Å²) in [5.41, 5.74) is 2.19. The van der Waals surface area contributed by atoms with Crippen LogP contribution in [0, 0.1) is 0 Å². The lowest BCUT2D eigenvalue weighted by atomic mass is 10.1. The molecule has 2 rings (SSSR count). The summed E-state index contributed by atoms with van der Waals surface area (Å²) in [5.74, 6) is 1.31. The van der Waals surface area contributed by atoms with Gasteiger partial charge < -0.3 is 9.09 Å². The molecule has 98 valence electrons. The molecule has 0 fully saturated rings. The standard InChI is InChI=1S/C13H20N4O/c1-10(2)13-5-12(18-15-13)8-16(3)7-11-6-14-9-17(11)4/h5-6,9-10H,7-8H2,1-4H3. The van der Waals surface area contributed by atoms with Gasteiger partial charge >= 0.3 is 0 Å². The number of hydrogen-bond acceptors (Lipinski definition) is 4. The molecule has 0 aliphatic carbocycles. The van der Waals surface area contributed by atoms with Crippen molar-refractivity contribution >= 4 is 0 Å². The molecule has 18 heavy (non-hydrogen) atoms. The molecule has 5 nitrogen and oxygen atoms in total. The largest absolute Gasteiger partial charge is 0.360 e. The minimum Gasteiger partial charge on any atom is -0.360 e. The lowest BCUT2D eigenvalue weighted by Crippen LogP contribution is -2.18. The molecule has 0 radical (unpaired) electrons. The van der Waals surface area contributed by atoms with Crippen LogP contribution >= 0.6 is 0 Å². The van der Waals surface area contributed by atoms with Gasteiger partial charge in [-0.1, -0.05) is 19.0 Å². The third-order valence-electron chi connectivity index (χ3n) is 2.94. The van der Waals surface area contributed by atoms with Crippen molar-refractivity contribution in [3.8, 4) is 0 Å². The second-order valence-corrected chi connectivity index (χ2v) is 5.04. The highest BCUT2D eigenvalue weighted by molar-refractivity contribution is 5.09. The van der Waals surface area contributed by atoms with Crippen LogP contribution in [0.15, 0.2) is 23.1 Å². The number of imidazole rings is 1. The van der Waals surface area contributed by atoms with E-state index in [0.29, 0.717) is 5.92 Å². The van der Waals surface area contributed by atoms with Gasteiger partial charge in [0, 0.05) is 25.9 Å². The van der Waals surface area contributed by atoms with Crippen LogP contribution in [-0.4, -0.2) is 26.7 Å². The highest BCUT2D eigenvalue weighted by atomic mass is 16.5. The van der Waals surface area contributed by atoms with E-state index in [4.69, 9.17) is 4.52 Å². The minimum atomic E-state index is 0.407. The predicted molar refractivity (Wildman–Crippen MR) is 69.0 cm³/mol. The van der Waals surface area contributed by atoms with Crippen molar-refractivity contribution in [2.45, 2.75) is 32.9 Å². The third kappa shape index (κ3) is 2.98. The molecule has 2 heterocycles. The Morgan fingerprint density at radius 3 is 2.72 bits per heavy atom. The zero-order chi connectivity index (χ0) is 13.1. The van der Waals surface area contributed by atoms with Gasteiger partial charge in [-0.3, -0.25) is 4.90 Å². The van der Waals surface area contributed by atoms with Crippen LogP contribution in [0.3, 0.4) is 0 Å². The molecule has 0 spiro atoms. The predicted octanol–water partition coefficient (Wildman–Crippen LogP) is 2.16. The van der Waals surface area contributed by atoms with Crippen molar-refractivity contribution in [1.29, 1.82) is 0 Å². The monoisotopic (exact) mass is 248 g/mol. The Kier molecular flexibility index (Phi) is 3.81. The highest BCUT2D eigenvalue weighted by Crippen LogP contribution is 2.15. The Hall–Kier alpha value is -1.62. The quantitative estimate of drug-likeness (QED) is 0.813. The lowest BCUT2D eigenvalue weighted by Gasteiger charge is -2.14. The van der Waals surface area contributed by atoms with Gasteiger partial charge in [-0.05, 0) is 13.0 Å². The maximum atomic E-state index is 5.33. The first-order valence-electron chi connectivity index (χ1n) is 6.15. The van der Waals surface area contributed by atoms with Crippen molar-refractivity contribution in [1.82, 2.24) is 19.6 Å². The highest BCUT2D eigenvalue weighted by Gasteiger charge is 2.10. The Labute approximate surface area is 107 Å². The zero-order valence-corrected chi connectivity index (χ0v) is 11.4. The molecule has 0 amide bonds. The lowest BCUT2D eigenvalue weighted by molar-refractivity contribution is 0.261. The molecule has 0 saturated carbocycles. The molecule has 0 atom stereocenters. The van der Waals surface area contributed by atoms with E-state index in [1.807, 2.05) is 30.2 Å². The molecule has 0 saturated heterocycles. The number of hydrogen-bond donors (Lipinski definition) is 0. The molecule has 2 aromatic heterocycles. The van der Waals surface area contributed by atoms with Crippen molar-refractivity contribution in [2.75, 3.05) is 7.05 Å². The zero-order valence-electron chi connectivity index (χ0n) is 11.4. The van der Waals surface area contributed by atoms with Crippen LogP contribution in [0.4, 0.5) is 0 Å². The molecule has 0 aliphatic heterocycles. The molecule has 2 aromatic rings. The summed E-state index contributed by atoms with van der Waals surface area (Å²) in [6.07, 6.45) is 3.70. The van der Waals surface area contributed by atoms with E-state index in [-0.39, 0.29) is 0 Å². The van der Waals surface area contributed by atoms with E-state index in [0.717, 1.165) is 24.5 Å². The normalized spacial score (nSPS) is 11.7. The SMILES string of the molecule is CC(C)c1cc(CN(C)Cc2cncn2C)on1. The first-order valence-corrected chi connectivity index (χ1v) is 6.15. The summed E-state index contributed by atoms with van der Waals surface area (Å²) in [7, 11) is 4.06. The van der Waals surface area contributed by atoms with Gasteiger partial charge in [0.2, 0.25) is 0 Å². The van der Waals surface area contributed by atoms with Gasteiger partial charge in [-0.15, -0.1) is 0 Å². The van der Waals surface area contributed by atoms with Crippen LogP contribution in [0.2, 0.25) is 0 Å². The number of nitrogens with zero attached hydrogens (tertiary/aromatic N) is 4. The molecule has 0 N–H and O–H groups in total. The molecule has 0 bridgehead atoms. The summed E-state index contributed by atoms with van der Waals surface area (Å²) in [6.45, 7) is 5.82. The topological polar surface area (TPSA) is 47.1 Å². The maximum absolute atomic E-state index is 5.33. The maximum Gasteiger partial charge on any atom is 0.150 e. The fourth-order valence-corrected chi connectivity index (χ4v) is 1.81. The average molecular weight is 248 g/mol. The van der Waals surface area contributed by atoms with Crippen LogP contribution in [0.1, 0.15) is 36.9 Å². The Morgan fingerprint density at radius 1 is 1.39 bits per heavy atom. The van der Waals surface area contributed by atoms with Crippen LogP contribution in [0.25, 0.3) is 0 Å². The van der Waals surface area contributed by atoms with Gasteiger partial charge in [0.15, 0.2) is 5.76 Å². The molecule has 0 aliphatic rings. The van der Waals surface area contributed by atoms with E-state index < -0.39 is 0 Å². The van der Waals surface area contributed by atoms with Crippen molar-refractivity contribution in [2.24, 2.45) is 7.05 Å². The summed E-state index contributed by atoms with van der Waals surface area (Å²) in [5, 5.41) is 4.06. The van der Waals surface area contributed by atoms with E-state index >= 15 is 0 Å². The summed E-state index contributed by atoms with van der Waals surface area (Å²) in [6, 6.07) is 2.03. The van der Waals surface area contributed by atoms with Gasteiger partial charge in [-0.25, -0.2) is 4.98 Å². The second-order valence-electron chi connectivity index (χ2n) is 5.04. The smallest absolute Gasteiger partial charge is 0.150 e. The van der Waals surface area contributed by atoms with Gasteiger partial charge in [0.25, 0.3) is 0 Å². The summed E-state index contributed by atoms with van der Waals surface area (Å²) < 4.78 is 7.36. The second kappa shape index (κ2) is 5.35. The summed E-state index contributed by atoms with van der Waals surface area (Å²) in [4.78, 5) is 6.29.